The van der Waals surface area contributed by atoms with Crippen molar-refractivity contribution in [2.45, 2.75) is 13.0 Å². The number of aliphatic hydroxyl groups is 1. The minimum absolute atomic E-state index is 0.440. The van der Waals surface area contributed by atoms with Gasteiger partial charge in [0.25, 0.3) is 5.91 Å². The fourth-order valence-corrected chi connectivity index (χ4v) is 1.59. The van der Waals surface area contributed by atoms with Crippen LogP contribution in [0.3, 0.4) is 0 Å². The van der Waals surface area contributed by atoms with Crippen LogP contribution < -0.4 is 5.32 Å². The van der Waals surface area contributed by atoms with Crippen LogP contribution in [0.2, 0.25) is 0 Å². The molecule has 0 spiro atoms. The van der Waals surface area contributed by atoms with E-state index in [0.717, 1.165) is 5.56 Å². The van der Waals surface area contributed by atoms with Crippen LogP contribution in [-0.4, -0.2) is 16.0 Å². The van der Waals surface area contributed by atoms with Crippen molar-refractivity contribution in [2.75, 3.05) is 5.32 Å². The number of rotatable bonds is 3. The molecule has 0 saturated carbocycles. The van der Waals surface area contributed by atoms with Crippen molar-refractivity contribution in [3.05, 3.63) is 59.8 Å². The lowest BCUT2D eigenvalue weighted by molar-refractivity contribution is -0.124. The molecule has 18 heavy (non-hydrogen) atoms. The SMILES string of the molecule is Cc1ccnc(NC(=O)C(O)c2ccccc2)c1. The molecule has 4 heteroatoms. The number of aryl methyl sites for hydroxylation is 1. The van der Waals surface area contributed by atoms with Gasteiger partial charge in [0.1, 0.15) is 5.82 Å². The Morgan fingerprint density at radius 2 is 2.00 bits per heavy atom. The van der Waals surface area contributed by atoms with Gasteiger partial charge in [0, 0.05) is 6.20 Å². The lowest BCUT2D eigenvalue weighted by Gasteiger charge is -2.11. The first-order valence-electron chi connectivity index (χ1n) is 5.63. The van der Waals surface area contributed by atoms with Crippen molar-refractivity contribution >= 4 is 11.7 Å². The minimum Gasteiger partial charge on any atom is -0.378 e. The third-order valence-electron chi connectivity index (χ3n) is 2.53. The first-order valence-corrected chi connectivity index (χ1v) is 5.63. The average molecular weight is 242 g/mol. The lowest BCUT2D eigenvalue weighted by atomic mass is 10.1. The maximum atomic E-state index is 11.8. The number of nitrogens with one attached hydrogen (secondary N) is 1. The molecular weight excluding hydrogens is 228 g/mol. The summed E-state index contributed by atoms with van der Waals surface area (Å²) >= 11 is 0. The Kier molecular flexibility index (Phi) is 3.69. The molecule has 2 N–H and O–H groups in total. The van der Waals surface area contributed by atoms with Crippen LogP contribution in [0.1, 0.15) is 17.2 Å². The van der Waals surface area contributed by atoms with E-state index in [0.29, 0.717) is 11.4 Å². The molecule has 1 atom stereocenters. The van der Waals surface area contributed by atoms with Crippen molar-refractivity contribution in [3.8, 4) is 0 Å². The van der Waals surface area contributed by atoms with E-state index >= 15 is 0 Å². The number of pyridine rings is 1. The van der Waals surface area contributed by atoms with Crippen molar-refractivity contribution < 1.29 is 9.90 Å². The number of nitrogens with zero attached hydrogens (tertiary/aromatic N) is 1. The normalized spacial score (nSPS) is 11.9. The minimum atomic E-state index is -1.19. The molecule has 0 bridgehead atoms. The molecule has 4 nitrogen and oxygen atoms in total. The zero-order valence-corrected chi connectivity index (χ0v) is 10.00. The summed E-state index contributed by atoms with van der Waals surface area (Å²) in [4.78, 5) is 15.8. The van der Waals surface area contributed by atoms with Crippen molar-refractivity contribution in [1.82, 2.24) is 4.98 Å². The third-order valence-corrected chi connectivity index (χ3v) is 2.53. The number of carbonyl (C=O) groups is 1. The molecule has 92 valence electrons. The number of aromatic nitrogens is 1. The molecule has 2 aromatic rings. The second kappa shape index (κ2) is 5.42. The summed E-state index contributed by atoms with van der Waals surface area (Å²) in [5.74, 6) is -0.0470. The summed E-state index contributed by atoms with van der Waals surface area (Å²) in [5, 5.41) is 12.5. The quantitative estimate of drug-likeness (QED) is 0.866. The van der Waals surface area contributed by atoms with Crippen molar-refractivity contribution in [1.29, 1.82) is 0 Å². The van der Waals surface area contributed by atoms with Gasteiger partial charge < -0.3 is 10.4 Å². The number of anilines is 1. The summed E-state index contributed by atoms with van der Waals surface area (Å²) in [6.07, 6.45) is 0.424. The highest BCUT2D eigenvalue weighted by Crippen LogP contribution is 2.14. The number of benzene rings is 1. The van der Waals surface area contributed by atoms with Crippen LogP contribution in [-0.2, 0) is 4.79 Å². The van der Waals surface area contributed by atoms with E-state index in [1.54, 1.807) is 36.5 Å². The van der Waals surface area contributed by atoms with E-state index in [-0.39, 0.29) is 0 Å². The fraction of sp³-hybridized carbons (Fsp3) is 0.143. The molecule has 1 aromatic heterocycles. The van der Waals surface area contributed by atoms with Gasteiger partial charge in [-0.1, -0.05) is 30.3 Å². The molecule has 0 aliphatic rings. The number of hydrogen-bond donors (Lipinski definition) is 2. The smallest absolute Gasteiger partial charge is 0.258 e. The number of aliphatic hydroxyl groups excluding tert-OH is 1. The highest BCUT2D eigenvalue weighted by atomic mass is 16.3. The molecule has 0 aliphatic heterocycles. The van der Waals surface area contributed by atoms with Crippen LogP contribution in [0, 0.1) is 6.92 Å². The maximum absolute atomic E-state index is 11.8. The summed E-state index contributed by atoms with van der Waals surface area (Å²) < 4.78 is 0. The predicted molar refractivity (Wildman–Crippen MR) is 69.0 cm³/mol. The molecule has 0 radical (unpaired) electrons. The van der Waals surface area contributed by atoms with E-state index in [4.69, 9.17) is 0 Å². The lowest BCUT2D eigenvalue weighted by Crippen LogP contribution is -2.21. The van der Waals surface area contributed by atoms with Gasteiger partial charge >= 0.3 is 0 Å². The highest BCUT2D eigenvalue weighted by molar-refractivity contribution is 5.93. The summed E-state index contributed by atoms with van der Waals surface area (Å²) in [6.45, 7) is 1.91. The van der Waals surface area contributed by atoms with Crippen LogP contribution in [0.25, 0.3) is 0 Å². The van der Waals surface area contributed by atoms with Crippen molar-refractivity contribution in [3.63, 3.8) is 0 Å². The topological polar surface area (TPSA) is 62.2 Å². The van der Waals surface area contributed by atoms with Crippen molar-refractivity contribution in [2.24, 2.45) is 0 Å². The van der Waals surface area contributed by atoms with E-state index < -0.39 is 12.0 Å². The van der Waals surface area contributed by atoms with Gasteiger partial charge in [0.2, 0.25) is 0 Å². The molecule has 1 unspecified atom stereocenters. The Bertz CT molecular complexity index is 541. The van der Waals surface area contributed by atoms with Crippen LogP contribution >= 0.6 is 0 Å². The Hall–Kier alpha value is -2.20. The van der Waals surface area contributed by atoms with E-state index in [1.807, 2.05) is 19.1 Å². The third kappa shape index (κ3) is 2.93. The molecule has 0 aliphatic carbocycles. The molecule has 0 saturated heterocycles. The Balaban J connectivity index is 2.09. The zero-order chi connectivity index (χ0) is 13.0. The number of carbonyl (C=O) groups excluding carboxylic acids is 1. The van der Waals surface area contributed by atoms with Crippen LogP contribution in [0.4, 0.5) is 5.82 Å². The van der Waals surface area contributed by atoms with E-state index in [1.165, 1.54) is 0 Å². The molecular formula is C14H14N2O2. The fourth-order valence-electron chi connectivity index (χ4n) is 1.59. The molecule has 2 rings (SSSR count). The predicted octanol–water partition coefficient (Wildman–Crippen LogP) is 2.06. The summed E-state index contributed by atoms with van der Waals surface area (Å²) in [7, 11) is 0. The second-order valence-corrected chi connectivity index (χ2v) is 4.02. The first kappa shape index (κ1) is 12.3. The summed E-state index contributed by atoms with van der Waals surface area (Å²) in [6, 6.07) is 12.4. The van der Waals surface area contributed by atoms with Gasteiger partial charge in [0.15, 0.2) is 6.10 Å². The summed E-state index contributed by atoms with van der Waals surface area (Å²) in [5.41, 5.74) is 1.55. The number of amides is 1. The van der Waals surface area contributed by atoms with E-state index in [9.17, 15) is 9.90 Å². The Morgan fingerprint density at radius 3 is 2.67 bits per heavy atom. The molecule has 1 heterocycles. The van der Waals surface area contributed by atoms with Gasteiger partial charge in [-0.15, -0.1) is 0 Å². The second-order valence-electron chi connectivity index (χ2n) is 4.02. The maximum Gasteiger partial charge on any atom is 0.258 e. The Labute approximate surface area is 105 Å². The monoisotopic (exact) mass is 242 g/mol. The van der Waals surface area contributed by atoms with Gasteiger partial charge in [0.05, 0.1) is 0 Å². The van der Waals surface area contributed by atoms with Gasteiger partial charge in [-0.25, -0.2) is 4.98 Å². The van der Waals surface area contributed by atoms with Crippen LogP contribution in [0.15, 0.2) is 48.7 Å². The molecule has 1 amide bonds. The number of hydrogen-bond acceptors (Lipinski definition) is 3. The first-order chi connectivity index (χ1) is 8.66. The zero-order valence-electron chi connectivity index (χ0n) is 10.00. The van der Waals surface area contributed by atoms with Gasteiger partial charge in [-0.3, -0.25) is 4.79 Å². The van der Waals surface area contributed by atoms with Gasteiger partial charge in [-0.05, 0) is 30.2 Å². The van der Waals surface area contributed by atoms with Gasteiger partial charge in [-0.2, -0.15) is 0 Å². The standard InChI is InChI=1S/C14H14N2O2/c1-10-7-8-15-12(9-10)16-14(18)13(17)11-5-3-2-4-6-11/h2-9,13,17H,1H3,(H,15,16,18). The van der Waals surface area contributed by atoms with E-state index in [2.05, 4.69) is 10.3 Å². The highest BCUT2D eigenvalue weighted by Gasteiger charge is 2.17. The largest absolute Gasteiger partial charge is 0.378 e. The molecule has 0 fully saturated rings. The average Bonchev–Trinajstić information content (AvgIpc) is 2.39. The Morgan fingerprint density at radius 1 is 1.28 bits per heavy atom. The van der Waals surface area contributed by atoms with Crippen LogP contribution in [0.5, 0.6) is 0 Å². The molecule has 1 aromatic carbocycles.